The van der Waals surface area contributed by atoms with Crippen molar-refractivity contribution in [2.45, 2.75) is 31.9 Å². The average molecular weight is 274 g/mol. The number of halogens is 1. The van der Waals surface area contributed by atoms with Crippen LogP contribution in [0.5, 0.6) is 0 Å². The van der Waals surface area contributed by atoms with Crippen LogP contribution in [-0.4, -0.2) is 19.3 Å². The highest BCUT2D eigenvalue weighted by Gasteiger charge is 2.18. The Hall–Kier alpha value is -0.320. The first kappa shape index (κ1) is 11.2. The van der Waals surface area contributed by atoms with Gasteiger partial charge in [0.15, 0.2) is 0 Å². The molecular formula is C11H16BrNO2. The lowest BCUT2D eigenvalue weighted by Gasteiger charge is -2.15. The molecule has 3 nitrogen and oxygen atoms in total. The third-order valence-corrected chi connectivity index (χ3v) is 3.37. The van der Waals surface area contributed by atoms with Gasteiger partial charge in [-0.05, 0) is 41.8 Å². The minimum absolute atomic E-state index is 0.221. The minimum Gasteiger partial charge on any atom is -0.466 e. The molecule has 1 aromatic rings. The minimum atomic E-state index is 0.221. The summed E-state index contributed by atoms with van der Waals surface area (Å²) in [5, 5.41) is 3.42. The fourth-order valence-electron chi connectivity index (χ4n) is 1.82. The molecule has 1 N–H and O–H groups in total. The van der Waals surface area contributed by atoms with Crippen LogP contribution in [0.25, 0.3) is 0 Å². The van der Waals surface area contributed by atoms with Gasteiger partial charge in [-0.2, -0.15) is 0 Å². The van der Waals surface area contributed by atoms with Gasteiger partial charge in [-0.3, -0.25) is 0 Å². The highest BCUT2D eigenvalue weighted by molar-refractivity contribution is 9.10. The van der Waals surface area contributed by atoms with Crippen LogP contribution in [0.4, 0.5) is 0 Å². The molecule has 0 aromatic carbocycles. The van der Waals surface area contributed by atoms with E-state index in [9.17, 15) is 0 Å². The first-order valence-corrected chi connectivity index (χ1v) is 6.14. The summed E-state index contributed by atoms with van der Waals surface area (Å²) in [5.74, 6) is 0.952. The van der Waals surface area contributed by atoms with Crippen molar-refractivity contribution in [3.63, 3.8) is 0 Å². The second-order valence-corrected chi connectivity index (χ2v) is 4.75. The molecular weight excluding hydrogens is 258 g/mol. The van der Waals surface area contributed by atoms with Crippen LogP contribution in [0.3, 0.4) is 0 Å². The lowest BCUT2D eigenvalue weighted by Crippen LogP contribution is -2.28. The molecule has 1 fully saturated rings. The molecule has 1 aromatic heterocycles. The first-order chi connectivity index (χ1) is 7.27. The van der Waals surface area contributed by atoms with Crippen molar-refractivity contribution >= 4 is 15.9 Å². The summed E-state index contributed by atoms with van der Waals surface area (Å²) in [6.45, 7) is 3.90. The van der Waals surface area contributed by atoms with Crippen LogP contribution in [0.15, 0.2) is 21.2 Å². The van der Waals surface area contributed by atoms with Crippen molar-refractivity contribution in [2.75, 3.05) is 13.2 Å². The number of hydrogen-bond acceptors (Lipinski definition) is 3. The van der Waals surface area contributed by atoms with Gasteiger partial charge in [0.2, 0.25) is 0 Å². The SMILES string of the molecule is CC(NCC1CCCO1)c1occc1Br. The molecule has 0 saturated carbocycles. The van der Waals surface area contributed by atoms with Crippen LogP contribution >= 0.6 is 15.9 Å². The van der Waals surface area contributed by atoms with Crippen molar-refractivity contribution in [1.29, 1.82) is 0 Å². The molecule has 4 heteroatoms. The molecule has 1 aliphatic rings. The number of hydrogen-bond donors (Lipinski definition) is 1. The highest BCUT2D eigenvalue weighted by Crippen LogP contribution is 2.24. The molecule has 0 spiro atoms. The average Bonchev–Trinajstić information content (AvgIpc) is 2.84. The molecule has 0 aliphatic carbocycles. The summed E-state index contributed by atoms with van der Waals surface area (Å²) in [7, 11) is 0. The van der Waals surface area contributed by atoms with E-state index in [1.165, 1.54) is 12.8 Å². The third-order valence-electron chi connectivity index (χ3n) is 2.71. The fraction of sp³-hybridized carbons (Fsp3) is 0.636. The van der Waals surface area contributed by atoms with Gasteiger partial charge in [0, 0.05) is 13.2 Å². The molecule has 2 heterocycles. The Kier molecular flexibility index (Phi) is 3.83. The van der Waals surface area contributed by atoms with E-state index in [2.05, 4.69) is 28.2 Å². The van der Waals surface area contributed by atoms with Crippen LogP contribution in [0, 0.1) is 0 Å². The Morgan fingerprint density at radius 2 is 2.53 bits per heavy atom. The molecule has 2 atom stereocenters. The van der Waals surface area contributed by atoms with E-state index in [1.54, 1.807) is 6.26 Å². The maximum atomic E-state index is 5.55. The van der Waals surface area contributed by atoms with E-state index in [-0.39, 0.29) is 6.04 Å². The second kappa shape index (κ2) is 5.14. The van der Waals surface area contributed by atoms with Crippen molar-refractivity contribution in [1.82, 2.24) is 5.32 Å². The van der Waals surface area contributed by atoms with E-state index < -0.39 is 0 Å². The molecule has 15 heavy (non-hydrogen) atoms. The van der Waals surface area contributed by atoms with E-state index in [1.807, 2.05) is 6.07 Å². The summed E-state index contributed by atoms with van der Waals surface area (Å²) in [5.41, 5.74) is 0. The van der Waals surface area contributed by atoms with Gasteiger partial charge < -0.3 is 14.5 Å². The first-order valence-electron chi connectivity index (χ1n) is 5.35. The summed E-state index contributed by atoms with van der Waals surface area (Å²) in [6, 6.07) is 2.14. The van der Waals surface area contributed by atoms with E-state index in [4.69, 9.17) is 9.15 Å². The van der Waals surface area contributed by atoms with Crippen molar-refractivity contribution in [3.8, 4) is 0 Å². The quantitative estimate of drug-likeness (QED) is 0.916. The largest absolute Gasteiger partial charge is 0.466 e. The van der Waals surface area contributed by atoms with Crippen LogP contribution in [0.2, 0.25) is 0 Å². The van der Waals surface area contributed by atoms with Gasteiger partial charge >= 0.3 is 0 Å². The third kappa shape index (κ3) is 2.83. The Morgan fingerprint density at radius 3 is 3.13 bits per heavy atom. The lowest BCUT2D eigenvalue weighted by molar-refractivity contribution is 0.107. The van der Waals surface area contributed by atoms with Gasteiger partial charge in [0.1, 0.15) is 5.76 Å². The topological polar surface area (TPSA) is 34.4 Å². The predicted octanol–water partition coefficient (Wildman–Crippen LogP) is 2.87. The molecule has 2 rings (SSSR count). The summed E-state index contributed by atoms with van der Waals surface area (Å²) in [4.78, 5) is 0. The predicted molar refractivity (Wildman–Crippen MR) is 61.8 cm³/mol. The number of ether oxygens (including phenoxy) is 1. The van der Waals surface area contributed by atoms with Crippen molar-refractivity contribution in [3.05, 3.63) is 22.6 Å². The summed E-state index contributed by atoms with van der Waals surface area (Å²) in [6.07, 6.45) is 4.43. The molecule has 0 amide bonds. The van der Waals surface area contributed by atoms with Gasteiger partial charge in [0.05, 0.1) is 22.9 Å². The van der Waals surface area contributed by atoms with E-state index in [0.717, 1.165) is 23.4 Å². The number of nitrogens with one attached hydrogen (secondary N) is 1. The molecule has 2 unspecified atom stereocenters. The standard InChI is InChI=1S/C11H16BrNO2/c1-8(11-10(12)4-6-15-11)13-7-9-3-2-5-14-9/h4,6,8-9,13H,2-3,5,7H2,1H3. The van der Waals surface area contributed by atoms with Crippen LogP contribution in [0.1, 0.15) is 31.6 Å². The highest BCUT2D eigenvalue weighted by atomic mass is 79.9. The maximum Gasteiger partial charge on any atom is 0.134 e. The smallest absolute Gasteiger partial charge is 0.134 e. The maximum absolute atomic E-state index is 5.55. The zero-order valence-electron chi connectivity index (χ0n) is 8.83. The number of furan rings is 1. The van der Waals surface area contributed by atoms with Crippen molar-refractivity contribution < 1.29 is 9.15 Å². The Labute approximate surface area is 98.3 Å². The molecule has 1 saturated heterocycles. The molecule has 1 aliphatic heterocycles. The lowest BCUT2D eigenvalue weighted by atomic mass is 10.2. The van der Waals surface area contributed by atoms with E-state index in [0.29, 0.717) is 6.10 Å². The van der Waals surface area contributed by atoms with E-state index >= 15 is 0 Å². The summed E-state index contributed by atoms with van der Waals surface area (Å²) >= 11 is 3.46. The van der Waals surface area contributed by atoms with Crippen molar-refractivity contribution in [2.24, 2.45) is 0 Å². The Morgan fingerprint density at radius 1 is 1.67 bits per heavy atom. The van der Waals surface area contributed by atoms with Crippen LogP contribution < -0.4 is 5.32 Å². The zero-order chi connectivity index (χ0) is 10.7. The fourth-order valence-corrected chi connectivity index (χ4v) is 2.37. The zero-order valence-corrected chi connectivity index (χ0v) is 10.4. The van der Waals surface area contributed by atoms with Gasteiger partial charge in [0.25, 0.3) is 0 Å². The van der Waals surface area contributed by atoms with Crippen LogP contribution in [-0.2, 0) is 4.74 Å². The summed E-state index contributed by atoms with van der Waals surface area (Å²) < 4.78 is 12.0. The van der Waals surface area contributed by atoms with Gasteiger partial charge in [-0.1, -0.05) is 0 Å². The van der Waals surface area contributed by atoms with Gasteiger partial charge in [-0.25, -0.2) is 0 Å². The monoisotopic (exact) mass is 273 g/mol. The molecule has 84 valence electrons. The normalized spacial score (nSPS) is 23.2. The molecule has 0 bridgehead atoms. The number of rotatable bonds is 4. The molecule has 0 radical (unpaired) electrons. The Balaban J connectivity index is 1.81. The Bertz CT molecular complexity index is 307. The van der Waals surface area contributed by atoms with Gasteiger partial charge in [-0.15, -0.1) is 0 Å². The second-order valence-electron chi connectivity index (χ2n) is 3.90.